The summed E-state index contributed by atoms with van der Waals surface area (Å²) in [7, 11) is 0. The molecule has 0 bridgehead atoms. The standard InChI is InChI=1S/C10H13N5/c1-7(2)10-8(11)6-13-15(10)9-4-3-5-12-14-9/h3-7H,11H2,1-2H3. The molecule has 0 fully saturated rings. The van der Waals surface area contributed by atoms with Gasteiger partial charge in [-0.25, -0.2) is 4.68 Å². The maximum absolute atomic E-state index is 5.85. The van der Waals surface area contributed by atoms with Gasteiger partial charge < -0.3 is 5.73 Å². The zero-order valence-corrected chi connectivity index (χ0v) is 8.75. The summed E-state index contributed by atoms with van der Waals surface area (Å²) in [4.78, 5) is 0. The maximum Gasteiger partial charge on any atom is 0.176 e. The molecule has 2 aromatic rings. The second-order valence-corrected chi connectivity index (χ2v) is 3.63. The van der Waals surface area contributed by atoms with Gasteiger partial charge in [0, 0.05) is 6.20 Å². The van der Waals surface area contributed by atoms with E-state index in [0.717, 1.165) is 5.69 Å². The van der Waals surface area contributed by atoms with Crippen LogP contribution < -0.4 is 5.73 Å². The lowest BCUT2D eigenvalue weighted by atomic mass is 10.1. The molecule has 0 saturated carbocycles. The van der Waals surface area contributed by atoms with Crippen LogP contribution in [0.15, 0.2) is 24.5 Å². The predicted molar refractivity (Wildman–Crippen MR) is 57.7 cm³/mol. The zero-order chi connectivity index (χ0) is 10.8. The Labute approximate surface area is 87.9 Å². The molecule has 2 aromatic heterocycles. The molecule has 2 rings (SSSR count). The zero-order valence-electron chi connectivity index (χ0n) is 8.75. The minimum Gasteiger partial charge on any atom is -0.396 e. The van der Waals surface area contributed by atoms with Gasteiger partial charge in [-0.3, -0.25) is 0 Å². The number of aromatic nitrogens is 4. The smallest absolute Gasteiger partial charge is 0.176 e. The largest absolute Gasteiger partial charge is 0.396 e. The van der Waals surface area contributed by atoms with Crippen molar-refractivity contribution >= 4 is 5.69 Å². The van der Waals surface area contributed by atoms with Gasteiger partial charge in [-0.15, -0.1) is 5.10 Å². The summed E-state index contributed by atoms with van der Waals surface area (Å²) in [6.07, 6.45) is 3.27. The van der Waals surface area contributed by atoms with Crippen molar-refractivity contribution in [2.45, 2.75) is 19.8 Å². The highest BCUT2D eigenvalue weighted by molar-refractivity contribution is 5.45. The summed E-state index contributed by atoms with van der Waals surface area (Å²) in [5.41, 5.74) is 7.51. The molecule has 15 heavy (non-hydrogen) atoms. The van der Waals surface area contributed by atoms with E-state index in [1.165, 1.54) is 0 Å². The third-order valence-corrected chi connectivity index (χ3v) is 2.16. The molecule has 2 N–H and O–H groups in total. The van der Waals surface area contributed by atoms with Crippen molar-refractivity contribution in [3.05, 3.63) is 30.2 Å². The van der Waals surface area contributed by atoms with Gasteiger partial charge in [0.2, 0.25) is 0 Å². The first-order valence-corrected chi connectivity index (χ1v) is 4.81. The van der Waals surface area contributed by atoms with Gasteiger partial charge in [0.1, 0.15) is 0 Å². The van der Waals surface area contributed by atoms with Crippen LogP contribution in [0.1, 0.15) is 25.5 Å². The number of nitrogen functional groups attached to an aromatic ring is 1. The first-order valence-electron chi connectivity index (χ1n) is 4.81. The Kier molecular flexibility index (Phi) is 2.37. The number of hydrogen-bond donors (Lipinski definition) is 1. The molecule has 0 atom stereocenters. The molecule has 0 aliphatic heterocycles. The lowest BCUT2D eigenvalue weighted by Gasteiger charge is -2.09. The summed E-state index contributed by atoms with van der Waals surface area (Å²) in [6, 6.07) is 3.68. The Morgan fingerprint density at radius 1 is 1.40 bits per heavy atom. The van der Waals surface area contributed by atoms with Crippen LogP contribution in [-0.4, -0.2) is 20.0 Å². The summed E-state index contributed by atoms with van der Waals surface area (Å²) in [5.74, 6) is 0.993. The molecule has 2 heterocycles. The van der Waals surface area contributed by atoms with E-state index in [-0.39, 0.29) is 0 Å². The molecule has 0 unspecified atom stereocenters. The van der Waals surface area contributed by atoms with Gasteiger partial charge in [-0.1, -0.05) is 13.8 Å². The SMILES string of the molecule is CC(C)c1c(N)cnn1-c1cccnn1. The van der Waals surface area contributed by atoms with Crippen LogP contribution in [0.3, 0.4) is 0 Å². The van der Waals surface area contributed by atoms with Gasteiger partial charge in [0.15, 0.2) is 5.82 Å². The van der Waals surface area contributed by atoms with Gasteiger partial charge >= 0.3 is 0 Å². The first kappa shape index (κ1) is 9.64. The molecule has 78 valence electrons. The van der Waals surface area contributed by atoms with Gasteiger partial charge in [-0.05, 0) is 18.1 Å². The Balaban J connectivity index is 2.54. The van der Waals surface area contributed by atoms with Crippen LogP contribution in [-0.2, 0) is 0 Å². The fourth-order valence-electron chi connectivity index (χ4n) is 1.54. The second-order valence-electron chi connectivity index (χ2n) is 3.63. The van der Waals surface area contributed by atoms with E-state index < -0.39 is 0 Å². The minimum absolute atomic E-state index is 0.300. The van der Waals surface area contributed by atoms with Crippen LogP contribution in [0, 0.1) is 0 Å². The third kappa shape index (κ3) is 1.68. The summed E-state index contributed by atoms with van der Waals surface area (Å²) < 4.78 is 1.73. The lowest BCUT2D eigenvalue weighted by molar-refractivity contribution is 0.712. The molecular weight excluding hydrogens is 190 g/mol. The summed E-state index contributed by atoms with van der Waals surface area (Å²) in [6.45, 7) is 4.14. The average Bonchev–Trinajstić information content (AvgIpc) is 2.61. The Morgan fingerprint density at radius 2 is 2.20 bits per heavy atom. The van der Waals surface area contributed by atoms with Crippen LogP contribution in [0.5, 0.6) is 0 Å². The Morgan fingerprint density at radius 3 is 2.80 bits per heavy atom. The quantitative estimate of drug-likeness (QED) is 0.800. The molecule has 0 radical (unpaired) electrons. The van der Waals surface area contributed by atoms with Crippen molar-refractivity contribution in [3.63, 3.8) is 0 Å². The Hall–Kier alpha value is -1.91. The van der Waals surface area contributed by atoms with E-state index in [9.17, 15) is 0 Å². The highest BCUT2D eigenvalue weighted by Gasteiger charge is 2.13. The van der Waals surface area contributed by atoms with Crippen LogP contribution in [0.25, 0.3) is 5.82 Å². The number of hydrogen-bond acceptors (Lipinski definition) is 4. The van der Waals surface area contributed by atoms with Gasteiger partial charge in [-0.2, -0.15) is 10.2 Å². The molecule has 5 nitrogen and oxygen atoms in total. The monoisotopic (exact) mass is 203 g/mol. The van der Waals surface area contributed by atoms with Gasteiger partial charge in [0.25, 0.3) is 0 Å². The predicted octanol–water partition coefficient (Wildman–Crippen LogP) is 1.37. The van der Waals surface area contributed by atoms with Crippen LogP contribution >= 0.6 is 0 Å². The third-order valence-electron chi connectivity index (χ3n) is 2.16. The molecule has 0 spiro atoms. The van der Waals surface area contributed by atoms with Crippen molar-refractivity contribution < 1.29 is 0 Å². The van der Waals surface area contributed by atoms with E-state index >= 15 is 0 Å². The van der Waals surface area contributed by atoms with Crippen molar-refractivity contribution in [2.75, 3.05) is 5.73 Å². The lowest BCUT2D eigenvalue weighted by Crippen LogP contribution is -2.07. The van der Waals surface area contributed by atoms with Crippen LogP contribution in [0.4, 0.5) is 5.69 Å². The van der Waals surface area contributed by atoms with E-state index in [1.807, 2.05) is 12.1 Å². The molecular formula is C10H13N5. The molecule has 5 heteroatoms. The van der Waals surface area contributed by atoms with E-state index in [1.54, 1.807) is 17.1 Å². The molecule has 0 saturated heterocycles. The summed E-state index contributed by atoms with van der Waals surface area (Å²) in [5, 5.41) is 12.0. The van der Waals surface area contributed by atoms with E-state index in [0.29, 0.717) is 17.4 Å². The van der Waals surface area contributed by atoms with E-state index in [4.69, 9.17) is 5.73 Å². The van der Waals surface area contributed by atoms with E-state index in [2.05, 4.69) is 29.1 Å². The minimum atomic E-state index is 0.300. The molecule has 0 amide bonds. The fraction of sp³-hybridized carbons (Fsp3) is 0.300. The number of anilines is 1. The highest BCUT2D eigenvalue weighted by atomic mass is 15.3. The van der Waals surface area contributed by atoms with Crippen molar-refractivity contribution in [1.82, 2.24) is 20.0 Å². The number of nitrogens with zero attached hydrogens (tertiary/aromatic N) is 4. The highest BCUT2D eigenvalue weighted by Crippen LogP contribution is 2.23. The second kappa shape index (κ2) is 3.68. The van der Waals surface area contributed by atoms with Crippen molar-refractivity contribution in [1.29, 1.82) is 0 Å². The first-order chi connectivity index (χ1) is 7.20. The molecule has 0 aliphatic rings. The topological polar surface area (TPSA) is 69.6 Å². The van der Waals surface area contributed by atoms with Crippen molar-refractivity contribution in [2.24, 2.45) is 0 Å². The Bertz CT molecular complexity index is 446. The molecule has 0 aliphatic carbocycles. The number of rotatable bonds is 2. The van der Waals surface area contributed by atoms with Crippen LogP contribution in [0.2, 0.25) is 0 Å². The molecule has 0 aromatic carbocycles. The maximum atomic E-state index is 5.85. The summed E-state index contributed by atoms with van der Waals surface area (Å²) >= 11 is 0. The fourth-order valence-corrected chi connectivity index (χ4v) is 1.54. The average molecular weight is 203 g/mol. The number of nitrogens with two attached hydrogens (primary N) is 1. The van der Waals surface area contributed by atoms with Gasteiger partial charge in [0.05, 0.1) is 17.6 Å². The van der Waals surface area contributed by atoms with Crippen molar-refractivity contribution in [3.8, 4) is 5.82 Å². The normalized spacial score (nSPS) is 10.9.